The van der Waals surface area contributed by atoms with Crippen LogP contribution >= 0.6 is 23.2 Å². The normalized spacial score (nSPS) is 14.0. The molecule has 0 aliphatic rings. The van der Waals surface area contributed by atoms with Crippen molar-refractivity contribution in [3.63, 3.8) is 0 Å². The summed E-state index contributed by atoms with van der Waals surface area (Å²) < 4.78 is 41.9. The first-order chi connectivity index (χ1) is 3.71. The summed E-state index contributed by atoms with van der Waals surface area (Å²) in [6.07, 6.45) is -6.50. The van der Waals surface area contributed by atoms with E-state index in [4.69, 9.17) is 0 Å². The van der Waals surface area contributed by atoms with E-state index in [2.05, 4.69) is 23.2 Å². The molecule has 0 aliphatic heterocycles. The van der Waals surface area contributed by atoms with Gasteiger partial charge in [0, 0.05) is 0 Å². The monoisotopic (exact) mass is 184 g/mol. The summed E-state index contributed by atoms with van der Waals surface area (Å²) >= 11 is 8.79. The van der Waals surface area contributed by atoms with Crippen LogP contribution in [0.3, 0.4) is 0 Å². The first kappa shape index (κ1) is 9.30. The van der Waals surface area contributed by atoms with Crippen LogP contribution < -0.4 is 0 Å². The molecule has 56 valence electrons. The van der Waals surface area contributed by atoms with Gasteiger partial charge in [-0.25, -0.2) is 4.39 Å². The largest absolute Gasteiger partial charge is 0.394 e. The van der Waals surface area contributed by atoms with Gasteiger partial charge in [-0.2, -0.15) is 13.2 Å². The van der Waals surface area contributed by atoms with Crippen molar-refractivity contribution < 1.29 is 17.6 Å². The third-order valence-corrected chi connectivity index (χ3v) is 0.668. The van der Waals surface area contributed by atoms with Gasteiger partial charge in [0.2, 0.25) is 0 Å². The molecule has 0 heterocycles. The van der Waals surface area contributed by atoms with Crippen LogP contribution in [0.15, 0.2) is 0 Å². The van der Waals surface area contributed by atoms with Crippen molar-refractivity contribution in [2.45, 2.75) is 17.2 Å². The summed E-state index contributed by atoms with van der Waals surface area (Å²) in [4.78, 5) is 0. The predicted octanol–water partition coefficient (Wildman–Crippen LogP) is 3.04. The zero-order chi connectivity index (χ0) is 7.71. The average Bonchev–Trinajstić information content (AvgIpc) is 1.14. The maximum atomic E-state index is 11.7. The van der Waals surface area contributed by atoms with Crippen LogP contribution in [0.4, 0.5) is 17.6 Å². The topological polar surface area (TPSA) is 0 Å². The van der Waals surface area contributed by atoms with Gasteiger partial charge in [0.15, 0.2) is 0 Å². The average molecular weight is 185 g/mol. The molecule has 0 nitrogen and oxygen atoms in total. The molecular formula is C3H2Cl2F4. The molecule has 0 saturated carbocycles. The Bertz CT molecular complexity index is 79.0. The second kappa shape index (κ2) is 2.50. The third kappa shape index (κ3) is 8.30. The van der Waals surface area contributed by atoms with Gasteiger partial charge in [0.25, 0.3) is 4.59 Å². The molecule has 0 aromatic rings. The molecule has 6 heteroatoms. The fourth-order valence-corrected chi connectivity index (χ4v) is 0.530. The quantitative estimate of drug-likeness (QED) is 0.435. The van der Waals surface area contributed by atoms with E-state index in [9.17, 15) is 17.6 Å². The molecule has 9 heavy (non-hydrogen) atoms. The summed E-state index contributed by atoms with van der Waals surface area (Å²) in [5.74, 6) is 0. The standard InChI is InChI=1S/C3H2Cl2F4/c4-2(5,6)1-3(7,8)9/h1H2. The number of hydrogen-bond acceptors (Lipinski definition) is 0. The van der Waals surface area contributed by atoms with E-state index in [0.717, 1.165) is 0 Å². The second-order valence-corrected chi connectivity index (χ2v) is 2.80. The fourth-order valence-electron chi connectivity index (χ4n) is 0.227. The second-order valence-electron chi connectivity index (χ2n) is 1.41. The maximum Gasteiger partial charge on any atom is 0.394 e. The van der Waals surface area contributed by atoms with Crippen molar-refractivity contribution in [2.24, 2.45) is 0 Å². The van der Waals surface area contributed by atoms with E-state index in [1.54, 1.807) is 0 Å². The fraction of sp³-hybridized carbons (Fsp3) is 1.00. The lowest BCUT2D eigenvalue weighted by Crippen LogP contribution is -2.18. The minimum Gasteiger partial charge on any atom is -0.208 e. The van der Waals surface area contributed by atoms with Crippen molar-refractivity contribution >= 4 is 23.2 Å². The summed E-state index contributed by atoms with van der Waals surface area (Å²) in [5.41, 5.74) is 0. The molecule has 0 amide bonds. The minimum atomic E-state index is -4.65. The molecule has 0 saturated heterocycles. The highest BCUT2D eigenvalue weighted by atomic mass is 35.5. The van der Waals surface area contributed by atoms with Gasteiger partial charge in [-0.1, -0.05) is 23.2 Å². The Morgan fingerprint density at radius 3 is 1.33 bits per heavy atom. The lowest BCUT2D eigenvalue weighted by molar-refractivity contribution is -0.143. The molecule has 0 spiro atoms. The van der Waals surface area contributed by atoms with E-state index >= 15 is 0 Å². The molecule has 0 atom stereocenters. The Labute approximate surface area is 58.7 Å². The number of rotatable bonds is 1. The summed E-state index contributed by atoms with van der Waals surface area (Å²) in [7, 11) is 0. The van der Waals surface area contributed by atoms with E-state index in [0.29, 0.717) is 0 Å². The zero-order valence-electron chi connectivity index (χ0n) is 3.97. The lowest BCUT2D eigenvalue weighted by Gasteiger charge is -2.10. The van der Waals surface area contributed by atoms with E-state index < -0.39 is 17.2 Å². The molecular weight excluding hydrogens is 183 g/mol. The van der Waals surface area contributed by atoms with E-state index in [1.165, 1.54) is 0 Å². The van der Waals surface area contributed by atoms with Gasteiger partial charge in [0.1, 0.15) is 6.42 Å². The van der Waals surface area contributed by atoms with Crippen molar-refractivity contribution in [2.75, 3.05) is 0 Å². The zero-order valence-corrected chi connectivity index (χ0v) is 5.49. The number of hydrogen-bond donors (Lipinski definition) is 0. The summed E-state index contributed by atoms with van der Waals surface area (Å²) in [5, 5.41) is 0. The Balaban J connectivity index is 3.75. The Kier molecular flexibility index (Phi) is 2.58. The lowest BCUT2D eigenvalue weighted by atomic mass is 10.5. The number of halogens is 6. The predicted molar refractivity (Wildman–Crippen MR) is 26.2 cm³/mol. The van der Waals surface area contributed by atoms with Crippen LogP contribution in [0.5, 0.6) is 0 Å². The van der Waals surface area contributed by atoms with Crippen molar-refractivity contribution in [3.8, 4) is 0 Å². The van der Waals surface area contributed by atoms with E-state index in [-0.39, 0.29) is 0 Å². The maximum absolute atomic E-state index is 11.7. The van der Waals surface area contributed by atoms with Crippen molar-refractivity contribution in [3.05, 3.63) is 0 Å². The van der Waals surface area contributed by atoms with Crippen molar-refractivity contribution in [1.29, 1.82) is 0 Å². The van der Waals surface area contributed by atoms with Gasteiger partial charge in [-0.15, -0.1) is 0 Å². The third-order valence-electron chi connectivity index (χ3n) is 0.401. The van der Waals surface area contributed by atoms with Crippen LogP contribution in [-0.4, -0.2) is 10.8 Å². The van der Waals surface area contributed by atoms with Crippen LogP contribution in [0.2, 0.25) is 0 Å². The highest BCUT2D eigenvalue weighted by Gasteiger charge is 2.40. The van der Waals surface area contributed by atoms with Crippen LogP contribution in [0.25, 0.3) is 0 Å². The molecule has 0 aromatic heterocycles. The summed E-state index contributed by atoms with van der Waals surface area (Å²) in [6.45, 7) is 0. The first-order valence-corrected chi connectivity index (χ1v) is 2.60. The summed E-state index contributed by atoms with van der Waals surface area (Å²) in [6, 6.07) is 0. The molecule has 0 aliphatic carbocycles. The van der Waals surface area contributed by atoms with Gasteiger partial charge >= 0.3 is 6.18 Å². The van der Waals surface area contributed by atoms with Gasteiger partial charge in [0.05, 0.1) is 0 Å². The molecule has 0 rings (SSSR count). The Hall–Kier alpha value is 0.300. The molecule has 0 bridgehead atoms. The molecule has 0 fully saturated rings. The van der Waals surface area contributed by atoms with E-state index in [1.807, 2.05) is 0 Å². The molecule has 0 radical (unpaired) electrons. The molecule has 0 unspecified atom stereocenters. The first-order valence-electron chi connectivity index (χ1n) is 1.84. The number of alkyl halides is 6. The van der Waals surface area contributed by atoms with Gasteiger partial charge in [-0.05, 0) is 0 Å². The molecule has 0 aromatic carbocycles. The van der Waals surface area contributed by atoms with Crippen molar-refractivity contribution in [1.82, 2.24) is 0 Å². The smallest absolute Gasteiger partial charge is 0.208 e. The van der Waals surface area contributed by atoms with Crippen LogP contribution in [0.1, 0.15) is 6.42 Å². The Morgan fingerprint density at radius 1 is 1.00 bits per heavy atom. The highest BCUT2D eigenvalue weighted by Crippen LogP contribution is 2.35. The van der Waals surface area contributed by atoms with Gasteiger partial charge in [-0.3, -0.25) is 0 Å². The SMILES string of the molecule is FC(F)(F)CC(F)(Cl)Cl. The minimum absolute atomic E-state index is 1.84. The van der Waals surface area contributed by atoms with Crippen LogP contribution in [0, 0.1) is 0 Å². The van der Waals surface area contributed by atoms with Gasteiger partial charge < -0.3 is 0 Å². The van der Waals surface area contributed by atoms with Crippen LogP contribution in [-0.2, 0) is 0 Å². The Morgan fingerprint density at radius 2 is 1.33 bits per heavy atom. The molecule has 0 N–H and O–H groups in total. The highest BCUT2D eigenvalue weighted by molar-refractivity contribution is 6.47.